The summed E-state index contributed by atoms with van der Waals surface area (Å²) < 4.78 is 5.74. The molecule has 0 spiro atoms. The number of ether oxygens (including phenoxy) is 1. The van der Waals surface area contributed by atoms with Crippen LogP contribution in [0.4, 0.5) is 0 Å². The average molecular weight is 491 g/mol. The Morgan fingerprint density at radius 3 is 2.33 bits per heavy atom. The SMILES string of the molecule is CCc1ccc(OCC(=O)N(Cc2ccc(Cl)c(Cl)c2)[C@@H](C)C(=O)NC2CCCCC2)cc1. The van der Waals surface area contributed by atoms with Gasteiger partial charge in [0, 0.05) is 12.6 Å². The standard InChI is InChI=1S/C26H32Cl2N2O3/c1-3-19-9-12-22(13-10-19)33-17-25(31)30(16-20-11-14-23(27)24(28)15-20)18(2)26(32)29-21-7-5-4-6-8-21/h9-15,18,21H,3-8,16-17H2,1-2H3,(H,29,32)/t18-/m0/s1. The minimum Gasteiger partial charge on any atom is -0.484 e. The molecule has 0 saturated heterocycles. The Balaban J connectivity index is 1.71. The van der Waals surface area contributed by atoms with E-state index in [4.69, 9.17) is 27.9 Å². The van der Waals surface area contributed by atoms with E-state index in [1.807, 2.05) is 30.3 Å². The number of halogens is 2. The fraction of sp³-hybridized carbons (Fsp3) is 0.462. The zero-order valence-corrected chi connectivity index (χ0v) is 20.8. The summed E-state index contributed by atoms with van der Waals surface area (Å²) in [6.45, 7) is 3.91. The Labute approximate surface area is 206 Å². The van der Waals surface area contributed by atoms with Crippen LogP contribution in [0.3, 0.4) is 0 Å². The van der Waals surface area contributed by atoms with Gasteiger partial charge in [-0.05, 0) is 61.6 Å². The van der Waals surface area contributed by atoms with Crippen molar-refractivity contribution in [1.29, 1.82) is 0 Å². The molecule has 3 rings (SSSR count). The molecule has 0 radical (unpaired) electrons. The van der Waals surface area contributed by atoms with Gasteiger partial charge in [-0.3, -0.25) is 9.59 Å². The number of carbonyl (C=O) groups excluding carboxylic acids is 2. The molecule has 7 heteroatoms. The molecule has 0 heterocycles. The molecule has 0 unspecified atom stereocenters. The van der Waals surface area contributed by atoms with Gasteiger partial charge in [-0.2, -0.15) is 0 Å². The van der Waals surface area contributed by atoms with Gasteiger partial charge in [0.15, 0.2) is 6.61 Å². The molecule has 2 amide bonds. The molecule has 2 aromatic carbocycles. The summed E-state index contributed by atoms with van der Waals surface area (Å²) in [6.07, 6.45) is 6.35. The van der Waals surface area contributed by atoms with Crippen molar-refractivity contribution in [3.8, 4) is 5.75 Å². The van der Waals surface area contributed by atoms with Crippen LogP contribution in [0, 0.1) is 0 Å². The summed E-state index contributed by atoms with van der Waals surface area (Å²) in [4.78, 5) is 27.8. The van der Waals surface area contributed by atoms with E-state index in [0.29, 0.717) is 15.8 Å². The van der Waals surface area contributed by atoms with E-state index in [1.165, 1.54) is 16.9 Å². The maximum Gasteiger partial charge on any atom is 0.261 e. The van der Waals surface area contributed by atoms with Crippen LogP contribution in [0.2, 0.25) is 10.0 Å². The lowest BCUT2D eigenvalue weighted by Crippen LogP contribution is -2.51. The van der Waals surface area contributed by atoms with Crippen LogP contribution in [0.1, 0.15) is 57.1 Å². The summed E-state index contributed by atoms with van der Waals surface area (Å²) in [6, 6.07) is 12.4. The third kappa shape index (κ3) is 7.38. The summed E-state index contributed by atoms with van der Waals surface area (Å²) in [5.41, 5.74) is 1.99. The number of hydrogen-bond acceptors (Lipinski definition) is 3. The molecule has 0 aromatic heterocycles. The lowest BCUT2D eigenvalue weighted by atomic mass is 9.95. The van der Waals surface area contributed by atoms with Crippen molar-refractivity contribution in [1.82, 2.24) is 10.2 Å². The lowest BCUT2D eigenvalue weighted by Gasteiger charge is -2.31. The Morgan fingerprint density at radius 1 is 1.03 bits per heavy atom. The number of amides is 2. The van der Waals surface area contributed by atoms with Gasteiger partial charge in [-0.15, -0.1) is 0 Å². The maximum atomic E-state index is 13.2. The number of benzene rings is 2. The predicted molar refractivity (Wildman–Crippen MR) is 133 cm³/mol. The molecule has 1 aliphatic carbocycles. The minimum atomic E-state index is -0.653. The van der Waals surface area contributed by atoms with E-state index in [2.05, 4.69) is 12.2 Å². The molecule has 1 atom stereocenters. The van der Waals surface area contributed by atoms with Crippen LogP contribution in [0.25, 0.3) is 0 Å². The van der Waals surface area contributed by atoms with Crippen molar-refractivity contribution in [2.75, 3.05) is 6.61 Å². The minimum absolute atomic E-state index is 0.150. The molecule has 1 saturated carbocycles. The third-order valence-corrected chi connectivity index (χ3v) is 6.89. The van der Waals surface area contributed by atoms with Crippen molar-refractivity contribution in [3.63, 3.8) is 0 Å². The van der Waals surface area contributed by atoms with Crippen LogP contribution in [-0.4, -0.2) is 35.4 Å². The van der Waals surface area contributed by atoms with E-state index in [-0.39, 0.29) is 31.0 Å². The number of nitrogens with one attached hydrogen (secondary N) is 1. The normalized spacial score (nSPS) is 15.0. The van der Waals surface area contributed by atoms with Crippen LogP contribution >= 0.6 is 23.2 Å². The number of carbonyl (C=O) groups is 2. The quantitative estimate of drug-likeness (QED) is 0.482. The fourth-order valence-electron chi connectivity index (χ4n) is 4.04. The van der Waals surface area contributed by atoms with E-state index in [9.17, 15) is 9.59 Å². The monoisotopic (exact) mass is 490 g/mol. The molecule has 1 N–H and O–H groups in total. The predicted octanol–water partition coefficient (Wildman–Crippen LogP) is 5.80. The van der Waals surface area contributed by atoms with Crippen LogP contribution in [-0.2, 0) is 22.6 Å². The summed E-state index contributed by atoms with van der Waals surface area (Å²) >= 11 is 12.2. The highest BCUT2D eigenvalue weighted by Gasteiger charge is 2.28. The van der Waals surface area contributed by atoms with E-state index in [0.717, 1.165) is 37.7 Å². The zero-order chi connectivity index (χ0) is 23.8. The third-order valence-electron chi connectivity index (χ3n) is 6.15. The van der Waals surface area contributed by atoms with Crippen LogP contribution in [0.15, 0.2) is 42.5 Å². The molecule has 1 aliphatic rings. The average Bonchev–Trinajstić information content (AvgIpc) is 2.83. The lowest BCUT2D eigenvalue weighted by molar-refractivity contribution is -0.142. The Hall–Kier alpha value is -2.24. The summed E-state index contributed by atoms with van der Waals surface area (Å²) in [5.74, 6) is 0.198. The first-order valence-electron chi connectivity index (χ1n) is 11.6. The number of aryl methyl sites for hydroxylation is 1. The largest absolute Gasteiger partial charge is 0.484 e. The highest BCUT2D eigenvalue weighted by molar-refractivity contribution is 6.42. The van der Waals surface area contributed by atoms with Gasteiger partial charge in [-0.1, -0.05) is 67.6 Å². The molecule has 2 aromatic rings. The van der Waals surface area contributed by atoms with E-state index >= 15 is 0 Å². The highest BCUT2D eigenvalue weighted by atomic mass is 35.5. The number of nitrogens with zero attached hydrogens (tertiary/aromatic N) is 1. The first kappa shape index (κ1) is 25.4. The van der Waals surface area contributed by atoms with Crippen LogP contribution < -0.4 is 10.1 Å². The van der Waals surface area contributed by atoms with Crippen molar-refractivity contribution in [2.45, 2.75) is 71.0 Å². The zero-order valence-electron chi connectivity index (χ0n) is 19.3. The van der Waals surface area contributed by atoms with Crippen molar-refractivity contribution < 1.29 is 14.3 Å². The molecular weight excluding hydrogens is 459 g/mol. The van der Waals surface area contributed by atoms with Crippen molar-refractivity contribution in [3.05, 3.63) is 63.6 Å². The van der Waals surface area contributed by atoms with Gasteiger partial charge >= 0.3 is 0 Å². The van der Waals surface area contributed by atoms with E-state index < -0.39 is 6.04 Å². The van der Waals surface area contributed by atoms with Gasteiger partial charge in [0.1, 0.15) is 11.8 Å². The van der Waals surface area contributed by atoms with Crippen molar-refractivity contribution in [2.24, 2.45) is 0 Å². The maximum absolute atomic E-state index is 13.2. The second kappa shape index (κ2) is 12.3. The van der Waals surface area contributed by atoms with Crippen LogP contribution in [0.5, 0.6) is 5.75 Å². The highest BCUT2D eigenvalue weighted by Crippen LogP contribution is 2.24. The summed E-state index contributed by atoms with van der Waals surface area (Å²) in [7, 11) is 0. The molecule has 0 aliphatic heterocycles. The molecule has 1 fully saturated rings. The fourth-order valence-corrected chi connectivity index (χ4v) is 4.36. The van der Waals surface area contributed by atoms with Crippen molar-refractivity contribution >= 4 is 35.0 Å². The second-order valence-corrected chi connectivity index (χ2v) is 9.39. The molecule has 178 valence electrons. The molecule has 5 nitrogen and oxygen atoms in total. The first-order chi connectivity index (χ1) is 15.9. The number of rotatable bonds is 9. The second-order valence-electron chi connectivity index (χ2n) is 8.58. The van der Waals surface area contributed by atoms with Gasteiger partial charge in [0.05, 0.1) is 10.0 Å². The molecule has 0 bridgehead atoms. The first-order valence-corrected chi connectivity index (χ1v) is 12.4. The molecular formula is C26H32Cl2N2O3. The topological polar surface area (TPSA) is 58.6 Å². The van der Waals surface area contributed by atoms with Gasteiger partial charge < -0.3 is 15.0 Å². The Kier molecular flexibility index (Phi) is 9.45. The van der Waals surface area contributed by atoms with Gasteiger partial charge in [0.2, 0.25) is 5.91 Å². The Bertz CT molecular complexity index is 943. The van der Waals surface area contributed by atoms with Gasteiger partial charge in [-0.25, -0.2) is 0 Å². The summed E-state index contributed by atoms with van der Waals surface area (Å²) in [5, 5.41) is 3.98. The van der Waals surface area contributed by atoms with Gasteiger partial charge in [0.25, 0.3) is 5.91 Å². The Morgan fingerprint density at radius 2 is 1.70 bits per heavy atom. The molecule has 33 heavy (non-hydrogen) atoms. The smallest absolute Gasteiger partial charge is 0.261 e. The van der Waals surface area contributed by atoms with E-state index in [1.54, 1.807) is 19.1 Å². The number of hydrogen-bond donors (Lipinski definition) is 1.